The molecule has 0 saturated carbocycles. The van der Waals surface area contributed by atoms with Crippen molar-refractivity contribution < 1.29 is 9.32 Å². The van der Waals surface area contributed by atoms with Crippen LogP contribution < -0.4 is 5.32 Å². The minimum Gasteiger partial charge on any atom is -0.360 e. The van der Waals surface area contributed by atoms with Crippen molar-refractivity contribution in [2.24, 2.45) is 7.05 Å². The zero-order valence-electron chi connectivity index (χ0n) is 15.1. The van der Waals surface area contributed by atoms with E-state index in [-0.39, 0.29) is 5.91 Å². The van der Waals surface area contributed by atoms with Crippen LogP contribution in [0.15, 0.2) is 47.2 Å². The van der Waals surface area contributed by atoms with E-state index in [1.54, 1.807) is 13.1 Å². The number of nitrogens with one attached hydrogen (secondary N) is 1. The average molecular weight is 379 g/mol. The molecule has 1 N–H and O–H groups in total. The number of hydrogen-bond acceptors (Lipinski definition) is 6. The maximum atomic E-state index is 12.9. The van der Waals surface area contributed by atoms with E-state index < -0.39 is 0 Å². The van der Waals surface area contributed by atoms with Crippen molar-refractivity contribution >= 4 is 22.4 Å². The maximum Gasteiger partial charge on any atom is 0.263 e. The summed E-state index contributed by atoms with van der Waals surface area (Å²) in [7, 11) is 1.92. The van der Waals surface area contributed by atoms with Crippen LogP contribution in [0.2, 0.25) is 0 Å². The first-order valence-corrected chi connectivity index (χ1v) is 9.14. The molecule has 0 aliphatic heterocycles. The van der Waals surface area contributed by atoms with Gasteiger partial charge in [0.05, 0.1) is 10.6 Å². The first-order valence-electron chi connectivity index (χ1n) is 8.32. The Morgan fingerprint density at radius 3 is 2.70 bits per heavy atom. The van der Waals surface area contributed by atoms with Gasteiger partial charge in [0.25, 0.3) is 5.91 Å². The molecule has 0 saturated heterocycles. The van der Waals surface area contributed by atoms with Gasteiger partial charge in [-0.3, -0.25) is 10.1 Å². The Hall–Kier alpha value is -3.26. The van der Waals surface area contributed by atoms with E-state index in [1.165, 1.54) is 11.3 Å². The Morgan fingerprint density at radius 1 is 1.22 bits per heavy atom. The van der Waals surface area contributed by atoms with E-state index >= 15 is 0 Å². The highest BCUT2D eigenvalue weighted by Crippen LogP contribution is 2.32. The lowest BCUT2D eigenvalue weighted by Crippen LogP contribution is -2.13. The molecule has 4 aromatic rings. The van der Waals surface area contributed by atoms with E-state index in [4.69, 9.17) is 4.52 Å². The van der Waals surface area contributed by atoms with E-state index in [1.807, 2.05) is 55.1 Å². The molecule has 0 spiro atoms. The van der Waals surface area contributed by atoms with Crippen LogP contribution in [0.25, 0.3) is 22.0 Å². The molecular formula is C19H17N5O2S. The molecule has 0 radical (unpaired) electrons. The number of aromatic nitrogens is 4. The van der Waals surface area contributed by atoms with Gasteiger partial charge in [0.2, 0.25) is 0 Å². The minimum atomic E-state index is -0.298. The fourth-order valence-electron chi connectivity index (χ4n) is 2.83. The van der Waals surface area contributed by atoms with Crippen LogP contribution in [-0.2, 0) is 7.05 Å². The zero-order valence-corrected chi connectivity index (χ0v) is 15.9. The quantitative estimate of drug-likeness (QED) is 0.578. The van der Waals surface area contributed by atoms with Gasteiger partial charge in [0, 0.05) is 25.0 Å². The summed E-state index contributed by atoms with van der Waals surface area (Å²) in [5.41, 5.74) is 2.56. The Morgan fingerprint density at radius 2 is 2.00 bits per heavy atom. The van der Waals surface area contributed by atoms with Gasteiger partial charge in [-0.1, -0.05) is 46.8 Å². The summed E-state index contributed by atoms with van der Waals surface area (Å²) in [5.74, 6) is 0.980. The summed E-state index contributed by atoms with van der Waals surface area (Å²) in [5, 5.41) is 7.44. The fourth-order valence-corrected chi connectivity index (χ4v) is 3.83. The predicted molar refractivity (Wildman–Crippen MR) is 104 cm³/mol. The highest BCUT2D eigenvalue weighted by Gasteiger charge is 2.23. The Labute approximate surface area is 159 Å². The number of anilines is 1. The lowest BCUT2D eigenvalue weighted by Gasteiger charge is -2.03. The van der Waals surface area contributed by atoms with Crippen molar-refractivity contribution in [3.8, 4) is 22.0 Å². The number of rotatable bonds is 4. The van der Waals surface area contributed by atoms with Gasteiger partial charge in [-0.15, -0.1) is 0 Å². The Kier molecular flexibility index (Phi) is 4.33. The van der Waals surface area contributed by atoms with Crippen LogP contribution in [0.4, 0.5) is 5.13 Å². The van der Waals surface area contributed by atoms with Crippen LogP contribution in [0, 0.1) is 13.8 Å². The summed E-state index contributed by atoms with van der Waals surface area (Å²) < 4.78 is 7.19. The number of imidazole rings is 1. The van der Waals surface area contributed by atoms with Crippen LogP contribution in [0.1, 0.15) is 21.8 Å². The number of aryl methyl sites for hydroxylation is 3. The molecule has 3 aromatic heterocycles. The molecule has 0 bridgehead atoms. The van der Waals surface area contributed by atoms with Gasteiger partial charge in [0.1, 0.15) is 17.0 Å². The Balaban J connectivity index is 1.65. The molecule has 136 valence electrons. The van der Waals surface area contributed by atoms with E-state index in [9.17, 15) is 4.79 Å². The molecule has 1 amide bonds. The molecule has 27 heavy (non-hydrogen) atoms. The number of amides is 1. The van der Waals surface area contributed by atoms with Gasteiger partial charge >= 0.3 is 0 Å². The summed E-state index contributed by atoms with van der Waals surface area (Å²) in [6.07, 6.45) is 3.61. The molecule has 4 rings (SSSR count). The van der Waals surface area contributed by atoms with Crippen LogP contribution in [0.5, 0.6) is 0 Å². The molecule has 0 fully saturated rings. The first kappa shape index (κ1) is 17.2. The van der Waals surface area contributed by atoms with Crippen molar-refractivity contribution in [1.82, 2.24) is 19.7 Å². The van der Waals surface area contributed by atoms with Gasteiger partial charge in [-0.2, -0.15) is 0 Å². The Bertz CT molecular complexity index is 1110. The second-order valence-electron chi connectivity index (χ2n) is 6.08. The molecular weight excluding hydrogens is 362 g/mol. The molecule has 0 aliphatic carbocycles. The largest absolute Gasteiger partial charge is 0.360 e. The molecule has 0 aliphatic rings. The van der Waals surface area contributed by atoms with E-state index in [2.05, 4.69) is 20.4 Å². The van der Waals surface area contributed by atoms with Crippen molar-refractivity contribution in [1.29, 1.82) is 0 Å². The smallest absolute Gasteiger partial charge is 0.263 e. The summed E-state index contributed by atoms with van der Waals surface area (Å²) >= 11 is 1.39. The molecule has 3 heterocycles. The number of thiazole rings is 1. The molecule has 0 atom stereocenters. The van der Waals surface area contributed by atoms with Gasteiger partial charge < -0.3 is 9.09 Å². The summed E-state index contributed by atoms with van der Waals surface area (Å²) in [6.45, 7) is 3.62. The van der Waals surface area contributed by atoms with Gasteiger partial charge in [-0.05, 0) is 13.8 Å². The molecule has 8 heteroatoms. The van der Waals surface area contributed by atoms with Crippen molar-refractivity contribution in [3.05, 3.63) is 59.7 Å². The monoisotopic (exact) mass is 379 g/mol. The normalized spacial score (nSPS) is 10.9. The number of benzene rings is 1. The van der Waals surface area contributed by atoms with Crippen LogP contribution in [0.3, 0.4) is 0 Å². The second kappa shape index (κ2) is 6.81. The van der Waals surface area contributed by atoms with Crippen molar-refractivity contribution in [2.45, 2.75) is 13.8 Å². The summed E-state index contributed by atoms with van der Waals surface area (Å²) in [4.78, 5) is 22.6. The number of carbonyl (C=O) groups is 1. The first-order chi connectivity index (χ1) is 13.0. The lowest BCUT2D eigenvalue weighted by atomic mass is 10.1. The topological polar surface area (TPSA) is 85.8 Å². The number of nitrogens with zero attached hydrogens (tertiary/aromatic N) is 4. The predicted octanol–water partition coefficient (Wildman–Crippen LogP) is 4.07. The highest BCUT2D eigenvalue weighted by atomic mass is 32.1. The zero-order chi connectivity index (χ0) is 19.0. The standard InChI is InChI=1S/C19H17N5O2S/c1-11-16(17-20-9-10-24(17)3)27-19(21-11)22-18(25)14-12(2)26-23-15(14)13-7-5-4-6-8-13/h4-10H,1-3H3,(H,21,22,25). The van der Waals surface area contributed by atoms with E-state index in [0.717, 1.165) is 22.0 Å². The second-order valence-corrected chi connectivity index (χ2v) is 7.08. The van der Waals surface area contributed by atoms with Crippen LogP contribution in [-0.4, -0.2) is 25.6 Å². The molecule has 0 unspecified atom stereocenters. The third-order valence-electron chi connectivity index (χ3n) is 4.18. The lowest BCUT2D eigenvalue weighted by molar-refractivity contribution is 0.102. The fraction of sp³-hybridized carbons (Fsp3) is 0.158. The van der Waals surface area contributed by atoms with E-state index in [0.29, 0.717) is 22.1 Å². The van der Waals surface area contributed by atoms with Crippen LogP contribution >= 0.6 is 11.3 Å². The number of hydrogen-bond donors (Lipinski definition) is 1. The summed E-state index contributed by atoms with van der Waals surface area (Å²) in [6, 6.07) is 9.48. The van der Waals surface area contributed by atoms with Gasteiger partial charge in [-0.25, -0.2) is 9.97 Å². The average Bonchev–Trinajstić information content (AvgIpc) is 3.34. The highest BCUT2D eigenvalue weighted by molar-refractivity contribution is 7.19. The molecule has 7 nitrogen and oxygen atoms in total. The molecule has 1 aromatic carbocycles. The van der Waals surface area contributed by atoms with Gasteiger partial charge in [0.15, 0.2) is 11.0 Å². The van der Waals surface area contributed by atoms with Crippen molar-refractivity contribution in [3.63, 3.8) is 0 Å². The minimum absolute atomic E-state index is 0.298. The maximum absolute atomic E-state index is 12.9. The van der Waals surface area contributed by atoms with Crippen molar-refractivity contribution in [2.75, 3.05) is 5.32 Å². The third-order valence-corrected chi connectivity index (χ3v) is 5.25. The third kappa shape index (κ3) is 3.15. The number of carbonyl (C=O) groups excluding carboxylic acids is 1. The SMILES string of the molecule is Cc1nc(NC(=O)c2c(-c3ccccc3)noc2C)sc1-c1nccn1C.